The summed E-state index contributed by atoms with van der Waals surface area (Å²) in [5, 5.41) is 14.0. The van der Waals surface area contributed by atoms with Crippen molar-refractivity contribution in [3.05, 3.63) is 80.8 Å². The lowest BCUT2D eigenvalue weighted by Crippen LogP contribution is -2.06. The van der Waals surface area contributed by atoms with Crippen LogP contribution in [0, 0.1) is 0 Å². The number of nitrogens with one attached hydrogen (secondary N) is 1. The smallest absolute Gasteiger partial charge is 0.166 e. The van der Waals surface area contributed by atoms with E-state index in [1.54, 1.807) is 12.1 Å². The van der Waals surface area contributed by atoms with E-state index in [1.165, 1.54) is 0 Å². The van der Waals surface area contributed by atoms with Crippen molar-refractivity contribution in [1.29, 1.82) is 0 Å². The quantitative estimate of drug-likeness (QED) is 0.363. The lowest BCUT2D eigenvalue weighted by atomic mass is 10.1. The lowest BCUT2D eigenvalue weighted by Gasteiger charge is -2.17. The van der Waals surface area contributed by atoms with Crippen LogP contribution in [-0.2, 0) is 13.2 Å². The van der Waals surface area contributed by atoms with Gasteiger partial charge in [-0.15, -0.1) is 0 Å². The monoisotopic (exact) mass is 451 g/mol. The van der Waals surface area contributed by atoms with Crippen LogP contribution in [-0.4, -0.2) is 11.7 Å². The topological polar surface area (TPSA) is 50.7 Å². The molecule has 0 aromatic heterocycles. The average molecular weight is 453 g/mol. The van der Waals surface area contributed by atoms with Gasteiger partial charge in [0.25, 0.3) is 0 Å². The highest BCUT2D eigenvalue weighted by molar-refractivity contribution is 6.37. The third-order valence-electron chi connectivity index (χ3n) is 4.19. The Bertz CT molecular complexity index is 972. The fraction of sp³-hybridized carbons (Fsp3) is 0.182. The minimum absolute atomic E-state index is 0.138. The second-order valence-corrected chi connectivity index (χ2v) is 7.42. The van der Waals surface area contributed by atoms with Gasteiger partial charge in [-0.2, -0.15) is 0 Å². The molecule has 2 N–H and O–H groups in total. The van der Waals surface area contributed by atoms with Crippen molar-refractivity contribution >= 4 is 40.5 Å². The predicted octanol–water partition coefficient (Wildman–Crippen LogP) is 6.94. The predicted molar refractivity (Wildman–Crippen MR) is 119 cm³/mol. The van der Waals surface area contributed by atoms with Gasteiger partial charge in [0, 0.05) is 28.4 Å². The number of halogens is 3. The minimum Gasteiger partial charge on any atom is -0.505 e. The first-order valence-electron chi connectivity index (χ1n) is 9.02. The number of benzene rings is 3. The second-order valence-electron chi connectivity index (χ2n) is 6.20. The summed E-state index contributed by atoms with van der Waals surface area (Å²) in [4.78, 5) is 0. The fourth-order valence-electron chi connectivity index (χ4n) is 2.76. The van der Waals surface area contributed by atoms with Crippen LogP contribution in [0.15, 0.2) is 54.6 Å². The summed E-state index contributed by atoms with van der Waals surface area (Å²) in [5.41, 5.74) is 2.46. The Hall–Kier alpha value is -2.27. The summed E-state index contributed by atoms with van der Waals surface area (Å²) in [6.07, 6.45) is 0. The van der Waals surface area contributed by atoms with Crippen molar-refractivity contribution in [2.75, 3.05) is 11.9 Å². The van der Waals surface area contributed by atoms with Gasteiger partial charge in [-0.05, 0) is 31.2 Å². The van der Waals surface area contributed by atoms with E-state index in [0.29, 0.717) is 42.0 Å². The van der Waals surface area contributed by atoms with Crippen LogP contribution in [0.5, 0.6) is 17.2 Å². The molecule has 3 aromatic rings. The molecule has 0 unspecified atom stereocenters. The van der Waals surface area contributed by atoms with Crippen LogP contribution in [0.3, 0.4) is 0 Å². The highest BCUT2D eigenvalue weighted by atomic mass is 35.5. The van der Waals surface area contributed by atoms with Gasteiger partial charge in [0.05, 0.1) is 16.7 Å². The van der Waals surface area contributed by atoms with Gasteiger partial charge >= 0.3 is 0 Å². The molecule has 0 radical (unpaired) electrons. The van der Waals surface area contributed by atoms with E-state index in [2.05, 4.69) is 5.32 Å². The maximum absolute atomic E-state index is 9.72. The number of ether oxygens (including phenoxy) is 2. The lowest BCUT2D eigenvalue weighted by molar-refractivity contribution is 0.267. The zero-order valence-electron chi connectivity index (χ0n) is 15.7. The molecule has 0 atom stereocenters. The molecule has 29 heavy (non-hydrogen) atoms. The molecule has 0 spiro atoms. The van der Waals surface area contributed by atoms with Crippen LogP contribution < -0.4 is 14.8 Å². The Morgan fingerprint density at radius 3 is 2.24 bits per heavy atom. The number of phenolic OH excluding ortho intramolecular Hbond substituents is 1. The minimum atomic E-state index is -0.138. The second kappa shape index (κ2) is 9.97. The van der Waals surface area contributed by atoms with Gasteiger partial charge < -0.3 is 19.9 Å². The Morgan fingerprint density at radius 2 is 1.55 bits per heavy atom. The first kappa shape index (κ1) is 21.4. The van der Waals surface area contributed by atoms with E-state index < -0.39 is 0 Å². The molecule has 0 aliphatic carbocycles. The Morgan fingerprint density at radius 1 is 0.862 bits per heavy atom. The van der Waals surface area contributed by atoms with E-state index >= 15 is 0 Å². The highest BCUT2D eigenvalue weighted by Crippen LogP contribution is 2.36. The Balaban J connectivity index is 1.82. The van der Waals surface area contributed by atoms with Gasteiger partial charge in [-0.25, -0.2) is 0 Å². The molecule has 0 heterocycles. The molecule has 0 fully saturated rings. The zero-order chi connectivity index (χ0) is 20.8. The van der Waals surface area contributed by atoms with Crippen LogP contribution in [0.2, 0.25) is 15.1 Å². The summed E-state index contributed by atoms with van der Waals surface area (Å²) in [7, 11) is 0. The summed E-state index contributed by atoms with van der Waals surface area (Å²) in [6, 6.07) is 16.5. The van der Waals surface area contributed by atoms with Gasteiger partial charge in [-0.3, -0.25) is 0 Å². The normalized spacial score (nSPS) is 10.6. The summed E-state index contributed by atoms with van der Waals surface area (Å²) >= 11 is 18.2. The maximum Gasteiger partial charge on any atom is 0.166 e. The number of aromatic hydroxyl groups is 1. The van der Waals surface area contributed by atoms with Gasteiger partial charge in [0.15, 0.2) is 17.2 Å². The highest BCUT2D eigenvalue weighted by Gasteiger charge is 2.13. The number of para-hydroxylation sites is 1. The van der Waals surface area contributed by atoms with Crippen LogP contribution in [0.25, 0.3) is 0 Å². The molecule has 0 saturated carbocycles. The molecule has 0 aliphatic heterocycles. The first-order chi connectivity index (χ1) is 14.0. The van der Waals surface area contributed by atoms with E-state index in [-0.39, 0.29) is 15.8 Å². The molecule has 0 saturated heterocycles. The summed E-state index contributed by atoms with van der Waals surface area (Å²) in [5.74, 6) is 1.15. The Labute approximate surface area is 184 Å². The van der Waals surface area contributed by atoms with Gasteiger partial charge in [0.2, 0.25) is 0 Å². The van der Waals surface area contributed by atoms with Crippen LogP contribution in [0.1, 0.15) is 18.1 Å². The number of hydrogen-bond acceptors (Lipinski definition) is 4. The van der Waals surface area contributed by atoms with Crippen molar-refractivity contribution in [1.82, 2.24) is 0 Å². The van der Waals surface area contributed by atoms with E-state index in [1.807, 2.05) is 49.4 Å². The average Bonchev–Trinajstić information content (AvgIpc) is 2.71. The Kier molecular flexibility index (Phi) is 7.37. The molecule has 0 bridgehead atoms. The van der Waals surface area contributed by atoms with Crippen molar-refractivity contribution in [2.45, 2.75) is 20.1 Å². The van der Waals surface area contributed by atoms with E-state index in [0.717, 1.165) is 11.1 Å². The van der Waals surface area contributed by atoms with Crippen molar-refractivity contribution in [3.63, 3.8) is 0 Å². The van der Waals surface area contributed by atoms with Crippen molar-refractivity contribution in [3.8, 4) is 17.2 Å². The number of rotatable bonds is 8. The molecule has 4 nitrogen and oxygen atoms in total. The molecule has 0 amide bonds. The molecular weight excluding hydrogens is 433 g/mol. The number of phenols is 1. The van der Waals surface area contributed by atoms with Crippen LogP contribution >= 0.6 is 34.8 Å². The molecule has 7 heteroatoms. The summed E-state index contributed by atoms with van der Waals surface area (Å²) < 4.78 is 11.8. The third-order valence-corrected chi connectivity index (χ3v) is 5.13. The van der Waals surface area contributed by atoms with Gasteiger partial charge in [0.1, 0.15) is 6.61 Å². The standard InChI is InChI=1S/C22H20Cl3NO3/c1-2-28-20-9-5-7-14(12-26-16-10-18(24)21(27)19(25)11-16)22(20)29-13-15-6-3-4-8-17(15)23/h3-11,26-27H,2,12-13H2,1H3. The van der Waals surface area contributed by atoms with Crippen molar-refractivity contribution < 1.29 is 14.6 Å². The number of anilines is 1. The third kappa shape index (κ3) is 5.41. The molecule has 3 aromatic carbocycles. The van der Waals surface area contributed by atoms with Crippen LogP contribution in [0.4, 0.5) is 5.69 Å². The fourth-order valence-corrected chi connectivity index (χ4v) is 3.44. The number of hydrogen-bond donors (Lipinski definition) is 2. The zero-order valence-corrected chi connectivity index (χ0v) is 18.0. The molecule has 3 rings (SSSR count). The molecular formula is C22H20Cl3NO3. The first-order valence-corrected chi connectivity index (χ1v) is 10.2. The van der Waals surface area contributed by atoms with Gasteiger partial charge in [-0.1, -0.05) is 65.1 Å². The molecule has 152 valence electrons. The van der Waals surface area contributed by atoms with E-state index in [4.69, 9.17) is 44.3 Å². The molecule has 0 aliphatic rings. The van der Waals surface area contributed by atoms with Crippen molar-refractivity contribution in [2.24, 2.45) is 0 Å². The largest absolute Gasteiger partial charge is 0.505 e. The summed E-state index contributed by atoms with van der Waals surface area (Å²) in [6.45, 7) is 3.19. The van der Waals surface area contributed by atoms with E-state index in [9.17, 15) is 5.11 Å². The maximum atomic E-state index is 9.72. The SMILES string of the molecule is CCOc1cccc(CNc2cc(Cl)c(O)c(Cl)c2)c1OCc1ccccc1Cl.